The highest BCUT2D eigenvalue weighted by Gasteiger charge is 2.17. The number of esters is 1. The zero-order chi connectivity index (χ0) is 14.6. The van der Waals surface area contributed by atoms with Gasteiger partial charge in [0, 0.05) is 0 Å². The summed E-state index contributed by atoms with van der Waals surface area (Å²) in [7, 11) is 0. The van der Waals surface area contributed by atoms with Crippen molar-refractivity contribution in [3.8, 4) is 0 Å². The lowest BCUT2D eigenvalue weighted by atomic mass is 10.2. The van der Waals surface area contributed by atoms with E-state index in [1.165, 1.54) is 6.07 Å². The Morgan fingerprint density at radius 3 is 2.58 bits per heavy atom. The molecule has 0 bridgehead atoms. The first-order chi connectivity index (χ1) is 8.69. The van der Waals surface area contributed by atoms with Gasteiger partial charge in [0.05, 0.1) is 15.8 Å². The Morgan fingerprint density at radius 2 is 2.05 bits per heavy atom. The van der Waals surface area contributed by atoms with Crippen molar-refractivity contribution in [3.63, 3.8) is 0 Å². The normalized spacial score (nSPS) is 11.2. The molecular weight excluding hydrogens is 290 g/mol. The molecule has 1 aromatic rings. The first-order valence-corrected chi connectivity index (χ1v) is 6.80. The molecule has 0 saturated carbocycles. The fourth-order valence-corrected chi connectivity index (χ4v) is 1.99. The highest BCUT2D eigenvalue weighted by atomic mass is 35.5. The first kappa shape index (κ1) is 15.8. The third kappa shape index (κ3) is 5.48. The van der Waals surface area contributed by atoms with Crippen molar-refractivity contribution >= 4 is 35.3 Å². The van der Waals surface area contributed by atoms with E-state index in [9.17, 15) is 9.59 Å². The second-order valence-corrected chi connectivity index (χ2v) is 6.06. The van der Waals surface area contributed by atoms with Crippen LogP contribution < -0.4 is 0 Å². The number of carbonyl (C=O) groups excluding carboxylic acids is 1. The minimum Gasteiger partial charge on any atom is -0.476 e. The molecule has 0 amide bonds. The van der Waals surface area contributed by atoms with Gasteiger partial charge in [-0.15, -0.1) is 0 Å². The van der Waals surface area contributed by atoms with E-state index >= 15 is 0 Å². The zero-order valence-corrected chi connectivity index (χ0v) is 12.3. The lowest BCUT2D eigenvalue weighted by Gasteiger charge is -2.19. The molecule has 7 heteroatoms. The van der Waals surface area contributed by atoms with Gasteiger partial charge in [0.15, 0.2) is 5.69 Å². The molecule has 0 spiro atoms. The number of aromatic nitrogens is 1. The Labute approximate surface area is 120 Å². The molecule has 0 atom stereocenters. The second-order valence-electron chi connectivity index (χ2n) is 4.66. The van der Waals surface area contributed by atoms with E-state index in [2.05, 4.69) is 4.98 Å². The number of thioether (sulfide) groups is 1. The average Bonchev–Trinajstić information content (AvgIpc) is 2.25. The summed E-state index contributed by atoms with van der Waals surface area (Å²) in [4.78, 5) is 26.2. The Bertz CT molecular complexity index is 499. The lowest BCUT2D eigenvalue weighted by molar-refractivity contribution is -0.151. The molecule has 0 saturated heterocycles. The molecule has 0 aliphatic heterocycles. The van der Waals surface area contributed by atoms with Gasteiger partial charge >= 0.3 is 11.9 Å². The summed E-state index contributed by atoms with van der Waals surface area (Å²) in [5.74, 6) is -1.53. The van der Waals surface area contributed by atoms with E-state index in [0.29, 0.717) is 5.03 Å². The fourth-order valence-electron chi connectivity index (χ4n) is 1.16. The molecule has 0 aliphatic carbocycles. The van der Waals surface area contributed by atoms with Gasteiger partial charge in [0.2, 0.25) is 0 Å². The predicted octanol–water partition coefficient (Wildman–Crippen LogP) is 2.87. The summed E-state index contributed by atoms with van der Waals surface area (Å²) >= 11 is 6.80. The van der Waals surface area contributed by atoms with Crippen LogP contribution in [0.3, 0.4) is 0 Å². The summed E-state index contributed by atoms with van der Waals surface area (Å²) in [5.41, 5.74) is -0.770. The molecule has 0 unspecified atom stereocenters. The largest absolute Gasteiger partial charge is 0.476 e. The van der Waals surface area contributed by atoms with E-state index in [4.69, 9.17) is 21.4 Å². The van der Waals surface area contributed by atoms with Gasteiger partial charge in [-0.3, -0.25) is 4.79 Å². The van der Waals surface area contributed by atoms with E-state index in [0.717, 1.165) is 11.8 Å². The van der Waals surface area contributed by atoms with Crippen molar-refractivity contribution in [2.24, 2.45) is 0 Å². The highest BCUT2D eigenvalue weighted by molar-refractivity contribution is 7.99. The van der Waals surface area contributed by atoms with Gasteiger partial charge in [-0.05, 0) is 32.9 Å². The van der Waals surface area contributed by atoms with Crippen molar-refractivity contribution in [2.75, 3.05) is 5.75 Å². The molecule has 5 nitrogen and oxygen atoms in total. The maximum absolute atomic E-state index is 11.5. The Hall–Kier alpha value is -1.27. The van der Waals surface area contributed by atoms with Crippen LogP contribution in [0.5, 0.6) is 0 Å². The Balaban J connectivity index is 2.66. The van der Waals surface area contributed by atoms with Crippen molar-refractivity contribution in [3.05, 3.63) is 22.8 Å². The summed E-state index contributed by atoms with van der Waals surface area (Å²) < 4.78 is 5.13. The minimum atomic E-state index is -1.20. The predicted molar refractivity (Wildman–Crippen MR) is 72.8 cm³/mol. The van der Waals surface area contributed by atoms with Crippen molar-refractivity contribution in [2.45, 2.75) is 31.4 Å². The molecule has 0 fully saturated rings. The molecule has 1 aromatic heterocycles. The smallest absolute Gasteiger partial charge is 0.356 e. The number of pyridine rings is 1. The standard InChI is InChI=1S/C12H14ClNO4S/c1-12(2,3)18-9(15)6-19-8-5-4-7(13)10(14-8)11(16)17/h4-5H,6H2,1-3H3,(H,16,17). The van der Waals surface area contributed by atoms with Gasteiger partial charge in [0.1, 0.15) is 5.60 Å². The van der Waals surface area contributed by atoms with Crippen LogP contribution in [0, 0.1) is 0 Å². The van der Waals surface area contributed by atoms with Crippen molar-refractivity contribution < 1.29 is 19.4 Å². The van der Waals surface area contributed by atoms with Crippen LogP contribution in [0.2, 0.25) is 5.02 Å². The van der Waals surface area contributed by atoms with Crippen LogP contribution in [-0.4, -0.2) is 33.4 Å². The van der Waals surface area contributed by atoms with E-state index < -0.39 is 11.6 Å². The number of aromatic carboxylic acids is 1. The number of rotatable bonds is 4. The van der Waals surface area contributed by atoms with Gasteiger partial charge in [0.25, 0.3) is 0 Å². The van der Waals surface area contributed by atoms with Gasteiger partial charge in [-0.2, -0.15) is 0 Å². The summed E-state index contributed by atoms with van der Waals surface area (Å²) in [6, 6.07) is 3.00. The van der Waals surface area contributed by atoms with Crippen LogP contribution in [-0.2, 0) is 9.53 Å². The topological polar surface area (TPSA) is 76.5 Å². The number of carbonyl (C=O) groups is 2. The quantitative estimate of drug-likeness (QED) is 0.681. The summed E-state index contributed by atoms with van der Waals surface area (Å²) in [5, 5.41) is 9.35. The average molecular weight is 304 g/mol. The lowest BCUT2D eigenvalue weighted by Crippen LogP contribution is -2.24. The third-order valence-corrected chi connectivity index (χ3v) is 2.99. The van der Waals surface area contributed by atoms with Crippen molar-refractivity contribution in [1.82, 2.24) is 4.98 Å². The number of hydrogen-bond donors (Lipinski definition) is 1. The van der Waals surface area contributed by atoms with Crippen LogP contribution in [0.25, 0.3) is 0 Å². The van der Waals surface area contributed by atoms with E-state index in [1.807, 2.05) is 0 Å². The summed E-state index contributed by atoms with van der Waals surface area (Å²) in [6.45, 7) is 5.33. The highest BCUT2D eigenvalue weighted by Crippen LogP contribution is 2.21. The number of halogens is 1. The summed E-state index contributed by atoms with van der Waals surface area (Å²) in [6.07, 6.45) is 0. The SMILES string of the molecule is CC(C)(C)OC(=O)CSc1ccc(Cl)c(C(=O)O)n1. The second kappa shape index (κ2) is 6.25. The first-order valence-electron chi connectivity index (χ1n) is 5.43. The number of carboxylic acids is 1. The molecule has 104 valence electrons. The van der Waals surface area contributed by atoms with Crippen LogP contribution >= 0.6 is 23.4 Å². The molecule has 19 heavy (non-hydrogen) atoms. The molecule has 0 aromatic carbocycles. The monoisotopic (exact) mass is 303 g/mol. The van der Waals surface area contributed by atoms with E-state index in [-0.39, 0.29) is 22.4 Å². The fraction of sp³-hybridized carbons (Fsp3) is 0.417. The maximum Gasteiger partial charge on any atom is 0.356 e. The third-order valence-electron chi connectivity index (χ3n) is 1.78. The molecule has 1 N–H and O–H groups in total. The maximum atomic E-state index is 11.5. The number of nitrogens with zero attached hydrogens (tertiary/aromatic N) is 1. The van der Waals surface area contributed by atoms with Gasteiger partial charge in [-0.1, -0.05) is 23.4 Å². The zero-order valence-electron chi connectivity index (χ0n) is 10.8. The van der Waals surface area contributed by atoms with E-state index in [1.54, 1.807) is 26.8 Å². The Morgan fingerprint density at radius 1 is 1.42 bits per heavy atom. The van der Waals surface area contributed by atoms with Gasteiger partial charge < -0.3 is 9.84 Å². The number of ether oxygens (including phenoxy) is 1. The van der Waals surface area contributed by atoms with Gasteiger partial charge in [-0.25, -0.2) is 9.78 Å². The number of hydrogen-bond acceptors (Lipinski definition) is 5. The van der Waals surface area contributed by atoms with Crippen LogP contribution in [0.4, 0.5) is 0 Å². The minimum absolute atomic E-state index is 0.0605. The molecule has 0 aliphatic rings. The van der Waals surface area contributed by atoms with Crippen LogP contribution in [0.1, 0.15) is 31.3 Å². The number of carboxylic acid groups (broad SMARTS) is 1. The molecule has 1 heterocycles. The van der Waals surface area contributed by atoms with Crippen molar-refractivity contribution in [1.29, 1.82) is 0 Å². The van der Waals surface area contributed by atoms with Crippen LogP contribution in [0.15, 0.2) is 17.2 Å². The molecule has 1 rings (SSSR count). The molecular formula is C12H14ClNO4S. The Kier molecular flexibility index (Phi) is 5.20. The molecule has 0 radical (unpaired) electrons.